The van der Waals surface area contributed by atoms with Crippen molar-refractivity contribution in [2.45, 2.75) is 0 Å². The predicted molar refractivity (Wildman–Crippen MR) is 77.5 cm³/mol. The lowest BCUT2D eigenvalue weighted by molar-refractivity contribution is -0.385. The van der Waals surface area contributed by atoms with E-state index < -0.39 is 10.9 Å². The van der Waals surface area contributed by atoms with Gasteiger partial charge in [0.25, 0.3) is 0 Å². The standard InChI is InChI=1S/C15H13NO6/c1-20-10-7-8-11(15(17)21-2)14(9-10)22-13-6-4-3-5-12(13)16(18)19/h3-9H,1-2H3. The smallest absolute Gasteiger partial charge is 0.341 e. The number of esters is 1. The second-order valence-electron chi connectivity index (χ2n) is 4.18. The number of methoxy groups -OCH3 is 2. The summed E-state index contributed by atoms with van der Waals surface area (Å²) in [6.07, 6.45) is 0. The number of carbonyl (C=O) groups is 1. The highest BCUT2D eigenvalue weighted by Crippen LogP contribution is 2.34. The number of hydrogen-bond acceptors (Lipinski definition) is 6. The van der Waals surface area contributed by atoms with Crippen molar-refractivity contribution in [3.8, 4) is 17.2 Å². The highest BCUT2D eigenvalue weighted by molar-refractivity contribution is 5.92. The first-order chi connectivity index (χ1) is 10.6. The number of para-hydroxylation sites is 2. The summed E-state index contributed by atoms with van der Waals surface area (Å²) in [5.41, 5.74) is -0.0670. The van der Waals surface area contributed by atoms with E-state index in [4.69, 9.17) is 9.47 Å². The molecule has 0 fully saturated rings. The van der Waals surface area contributed by atoms with Crippen molar-refractivity contribution in [3.05, 3.63) is 58.1 Å². The van der Waals surface area contributed by atoms with Gasteiger partial charge in [-0.25, -0.2) is 4.79 Å². The second-order valence-corrected chi connectivity index (χ2v) is 4.18. The molecule has 7 nitrogen and oxygen atoms in total. The highest BCUT2D eigenvalue weighted by Gasteiger charge is 2.19. The first-order valence-electron chi connectivity index (χ1n) is 6.24. The Labute approximate surface area is 126 Å². The Balaban J connectivity index is 2.48. The van der Waals surface area contributed by atoms with Gasteiger partial charge in [0.1, 0.15) is 17.1 Å². The van der Waals surface area contributed by atoms with Crippen molar-refractivity contribution in [1.29, 1.82) is 0 Å². The maximum Gasteiger partial charge on any atom is 0.341 e. The summed E-state index contributed by atoms with van der Waals surface area (Å²) in [6.45, 7) is 0. The monoisotopic (exact) mass is 303 g/mol. The first kappa shape index (κ1) is 15.3. The number of ether oxygens (including phenoxy) is 3. The van der Waals surface area contributed by atoms with E-state index in [1.807, 2.05) is 0 Å². The summed E-state index contributed by atoms with van der Waals surface area (Å²) in [5.74, 6) is -0.0381. The molecular weight excluding hydrogens is 290 g/mol. The van der Waals surface area contributed by atoms with E-state index in [1.165, 1.54) is 44.6 Å². The average molecular weight is 303 g/mol. The largest absolute Gasteiger partial charge is 0.497 e. The zero-order valence-corrected chi connectivity index (χ0v) is 11.9. The minimum absolute atomic E-state index is 0.0194. The van der Waals surface area contributed by atoms with Crippen LogP contribution in [-0.4, -0.2) is 25.1 Å². The number of benzene rings is 2. The third-order valence-electron chi connectivity index (χ3n) is 2.88. The van der Waals surface area contributed by atoms with Crippen molar-refractivity contribution < 1.29 is 23.9 Å². The number of carbonyl (C=O) groups excluding carboxylic acids is 1. The maximum atomic E-state index is 11.8. The lowest BCUT2D eigenvalue weighted by atomic mass is 10.2. The number of nitro benzene ring substituents is 1. The molecule has 0 aliphatic rings. The van der Waals surface area contributed by atoms with Gasteiger partial charge in [-0.2, -0.15) is 0 Å². The molecule has 114 valence electrons. The fourth-order valence-electron chi connectivity index (χ4n) is 1.81. The molecule has 0 spiro atoms. The number of nitro groups is 1. The van der Waals surface area contributed by atoms with Crippen LogP contribution in [0.25, 0.3) is 0 Å². The molecule has 0 bridgehead atoms. The van der Waals surface area contributed by atoms with Crippen molar-refractivity contribution in [2.24, 2.45) is 0 Å². The van der Waals surface area contributed by atoms with Crippen LogP contribution >= 0.6 is 0 Å². The lowest BCUT2D eigenvalue weighted by Gasteiger charge is -2.11. The van der Waals surface area contributed by atoms with E-state index in [9.17, 15) is 14.9 Å². The van der Waals surface area contributed by atoms with Crippen LogP contribution in [0.5, 0.6) is 17.2 Å². The molecule has 0 aliphatic heterocycles. The number of hydrogen-bond donors (Lipinski definition) is 0. The van der Waals surface area contributed by atoms with Crippen molar-refractivity contribution >= 4 is 11.7 Å². The molecule has 0 unspecified atom stereocenters. The molecule has 0 aromatic heterocycles. The molecule has 2 aromatic carbocycles. The Morgan fingerprint density at radius 3 is 2.45 bits per heavy atom. The molecule has 0 N–H and O–H groups in total. The molecule has 0 saturated heterocycles. The third-order valence-corrected chi connectivity index (χ3v) is 2.88. The molecule has 0 atom stereocenters. The number of rotatable bonds is 5. The molecular formula is C15H13NO6. The van der Waals surface area contributed by atoms with Gasteiger partial charge in [0.2, 0.25) is 5.75 Å². The van der Waals surface area contributed by atoms with E-state index in [0.29, 0.717) is 5.75 Å². The van der Waals surface area contributed by atoms with E-state index in [1.54, 1.807) is 12.1 Å². The van der Waals surface area contributed by atoms with Crippen LogP contribution in [0.2, 0.25) is 0 Å². The van der Waals surface area contributed by atoms with Gasteiger partial charge in [0.15, 0.2) is 0 Å². The van der Waals surface area contributed by atoms with Crippen LogP contribution in [0.1, 0.15) is 10.4 Å². The van der Waals surface area contributed by atoms with Gasteiger partial charge in [0, 0.05) is 12.1 Å². The van der Waals surface area contributed by atoms with Crippen LogP contribution in [0.15, 0.2) is 42.5 Å². The van der Waals surface area contributed by atoms with Crippen molar-refractivity contribution in [1.82, 2.24) is 0 Å². The van der Waals surface area contributed by atoms with E-state index in [2.05, 4.69) is 4.74 Å². The van der Waals surface area contributed by atoms with Crippen LogP contribution in [-0.2, 0) is 4.74 Å². The minimum Gasteiger partial charge on any atom is -0.497 e. The van der Waals surface area contributed by atoms with Crippen LogP contribution < -0.4 is 9.47 Å². The van der Waals surface area contributed by atoms with Gasteiger partial charge in [-0.1, -0.05) is 12.1 Å². The lowest BCUT2D eigenvalue weighted by Crippen LogP contribution is -2.04. The van der Waals surface area contributed by atoms with Crippen LogP contribution in [0.4, 0.5) is 5.69 Å². The van der Waals surface area contributed by atoms with Crippen molar-refractivity contribution in [2.75, 3.05) is 14.2 Å². The van der Waals surface area contributed by atoms with Crippen molar-refractivity contribution in [3.63, 3.8) is 0 Å². The Bertz CT molecular complexity index is 713. The van der Waals surface area contributed by atoms with E-state index in [-0.39, 0.29) is 22.7 Å². The summed E-state index contributed by atoms with van der Waals surface area (Å²) in [7, 11) is 2.70. The topological polar surface area (TPSA) is 87.9 Å². The average Bonchev–Trinajstić information content (AvgIpc) is 2.54. The zero-order valence-electron chi connectivity index (χ0n) is 11.9. The Kier molecular flexibility index (Phi) is 4.57. The molecule has 0 amide bonds. The summed E-state index contributed by atoms with van der Waals surface area (Å²) in [6, 6.07) is 10.4. The fourth-order valence-corrected chi connectivity index (χ4v) is 1.81. The zero-order chi connectivity index (χ0) is 16.1. The molecule has 2 aromatic rings. The quantitative estimate of drug-likeness (QED) is 0.479. The normalized spacial score (nSPS) is 9.91. The van der Waals surface area contributed by atoms with Gasteiger partial charge in [-0.15, -0.1) is 0 Å². The minimum atomic E-state index is -0.615. The molecule has 0 saturated carbocycles. The number of nitrogens with zero attached hydrogens (tertiary/aromatic N) is 1. The molecule has 2 rings (SSSR count). The van der Waals surface area contributed by atoms with Crippen LogP contribution in [0, 0.1) is 10.1 Å². The Morgan fingerprint density at radius 1 is 1.09 bits per heavy atom. The second kappa shape index (κ2) is 6.57. The summed E-state index contributed by atoms with van der Waals surface area (Å²) >= 11 is 0. The maximum absolute atomic E-state index is 11.8. The van der Waals surface area contributed by atoms with Gasteiger partial charge in [0.05, 0.1) is 19.1 Å². The molecule has 7 heteroatoms. The van der Waals surface area contributed by atoms with Gasteiger partial charge in [-0.05, 0) is 18.2 Å². The Hall–Kier alpha value is -3.09. The SMILES string of the molecule is COC(=O)c1ccc(OC)cc1Oc1ccccc1[N+](=O)[O-]. The fraction of sp³-hybridized carbons (Fsp3) is 0.133. The van der Waals surface area contributed by atoms with Gasteiger partial charge in [-0.3, -0.25) is 10.1 Å². The summed E-state index contributed by atoms with van der Waals surface area (Å²) in [4.78, 5) is 22.2. The Morgan fingerprint density at radius 2 is 1.82 bits per heavy atom. The van der Waals surface area contributed by atoms with E-state index in [0.717, 1.165) is 0 Å². The first-order valence-corrected chi connectivity index (χ1v) is 6.24. The highest BCUT2D eigenvalue weighted by atomic mass is 16.6. The molecule has 0 heterocycles. The van der Waals surface area contributed by atoms with Gasteiger partial charge >= 0.3 is 11.7 Å². The molecule has 22 heavy (non-hydrogen) atoms. The predicted octanol–water partition coefficient (Wildman–Crippen LogP) is 3.18. The molecule has 0 aliphatic carbocycles. The summed E-state index contributed by atoms with van der Waals surface area (Å²) < 4.78 is 15.3. The van der Waals surface area contributed by atoms with Gasteiger partial charge < -0.3 is 14.2 Å². The molecule has 0 radical (unpaired) electrons. The van der Waals surface area contributed by atoms with E-state index >= 15 is 0 Å². The van der Waals surface area contributed by atoms with Crippen LogP contribution in [0.3, 0.4) is 0 Å². The summed E-state index contributed by atoms with van der Waals surface area (Å²) in [5, 5.41) is 11.0. The third kappa shape index (κ3) is 3.14.